The lowest BCUT2D eigenvalue weighted by atomic mass is 10.0. The smallest absolute Gasteiger partial charge is 0.191 e. The van der Waals surface area contributed by atoms with Crippen LogP contribution in [-0.2, 0) is 13.1 Å². The fourth-order valence-corrected chi connectivity index (χ4v) is 3.94. The Morgan fingerprint density at radius 3 is 2.74 bits per heavy atom. The summed E-state index contributed by atoms with van der Waals surface area (Å²) >= 11 is 0. The number of imidazole rings is 1. The zero-order valence-electron chi connectivity index (χ0n) is 18.9. The van der Waals surface area contributed by atoms with Crippen LogP contribution < -0.4 is 15.4 Å². The minimum Gasteiger partial charge on any atom is -0.494 e. The van der Waals surface area contributed by atoms with Crippen LogP contribution in [0.1, 0.15) is 37.1 Å². The van der Waals surface area contributed by atoms with Crippen molar-refractivity contribution in [2.75, 3.05) is 33.8 Å². The number of hydrogen-bond acceptors (Lipinski definition) is 4. The first-order valence-corrected chi connectivity index (χ1v) is 11.1. The van der Waals surface area contributed by atoms with Gasteiger partial charge in [-0.2, -0.15) is 0 Å². The lowest BCUT2D eigenvalue weighted by Crippen LogP contribution is -2.48. The summed E-state index contributed by atoms with van der Waals surface area (Å²) < 4.78 is 21.1. The number of hydrogen-bond donors (Lipinski definition) is 2. The number of likely N-dealkylation sites (tertiary alicyclic amines) is 1. The molecule has 2 heterocycles. The van der Waals surface area contributed by atoms with Crippen molar-refractivity contribution in [1.82, 2.24) is 25.1 Å². The number of rotatable bonds is 9. The number of methoxy groups -OCH3 is 1. The molecule has 8 heteroatoms. The molecule has 2 aromatic rings. The number of halogens is 1. The zero-order valence-corrected chi connectivity index (χ0v) is 18.9. The normalized spacial score (nSPS) is 15.8. The number of unbranched alkanes of at least 4 members (excludes halogenated alkanes) is 1. The molecule has 0 atom stereocenters. The van der Waals surface area contributed by atoms with Crippen LogP contribution in [0.2, 0.25) is 0 Å². The second-order valence-corrected chi connectivity index (χ2v) is 8.04. The summed E-state index contributed by atoms with van der Waals surface area (Å²) in [5.74, 6) is 1.93. The first-order valence-electron chi connectivity index (χ1n) is 11.1. The van der Waals surface area contributed by atoms with Gasteiger partial charge in [-0.05, 0) is 50.3 Å². The molecule has 0 saturated carbocycles. The highest BCUT2D eigenvalue weighted by Crippen LogP contribution is 2.20. The Kier molecular flexibility index (Phi) is 8.70. The van der Waals surface area contributed by atoms with Crippen LogP contribution in [0.15, 0.2) is 35.6 Å². The molecule has 0 amide bonds. The number of aryl methyl sites for hydroxylation is 2. The van der Waals surface area contributed by atoms with Crippen LogP contribution in [0.4, 0.5) is 4.39 Å². The van der Waals surface area contributed by atoms with Gasteiger partial charge in [-0.1, -0.05) is 6.07 Å². The molecular formula is C23H35FN6O. The average Bonchev–Trinajstić information content (AvgIpc) is 3.18. The van der Waals surface area contributed by atoms with Crippen molar-refractivity contribution in [3.63, 3.8) is 0 Å². The molecule has 3 rings (SSSR count). The Bertz CT molecular complexity index is 844. The van der Waals surface area contributed by atoms with Crippen LogP contribution >= 0.6 is 0 Å². The van der Waals surface area contributed by atoms with Crippen LogP contribution in [0.25, 0.3) is 0 Å². The van der Waals surface area contributed by atoms with Gasteiger partial charge in [0.2, 0.25) is 0 Å². The van der Waals surface area contributed by atoms with Crippen molar-refractivity contribution in [2.24, 2.45) is 4.99 Å². The predicted octanol–water partition coefficient (Wildman–Crippen LogP) is 2.95. The molecule has 1 aromatic carbocycles. The minimum atomic E-state index is -0.299. The van der Waals surface area contributed by atoms with Gasteiger partial charge in [-0.3, -0.25) is 9.89 Å². The third-order valence-electron chi connectivity index (χ3n) is 5.82. The molecule has 1 aromatic heterocycles. The molecule has 0 radical (unpaired) electrons. The Morgan fingerprint density at radius 1 is 1.29 bits per heavy atom. The Morgan fingerprint density at radius 2 is 2.10 bits per heavy atom. The monoisotopic (exact) mass is 430 g/mol. The molecule has 1 fully saturated rings. The summed E-state index contributed by atoms with van der Waals surface area (Å²) in [5, 5.41) is 6.97. The van der Waals surface area contributed by atoms with Crippen molar-refractivity contribution in [3.05, 3.63) is 47.8 Å². The van der Waals surface area contributed by atoms with Crippen molar-refractivity contribution >= 4 is 5.96 Å². The van der Waals surface area contributed by atoms with E-state index >= 15 is 0 Å². The van der Waals surface area contributed by atoms with Gasteiger partial charge in [0.25, 0.3) is 0 Å². The Labute approximate surface area is 184 Å². The first-order chi connectivity index (χ1) is 15.1. The molecule has 0 unspecified atom stereocenters. The van der Waals surface area contributed by atoms with Crippen molar-refractivity contribution < 1.29 is 9.13 Å². The molecule has 0 aliphatic carbocycles. The molecule has 2 N–H and O–H groups in total. The fourth-order valence-electron chi connectivity index (χ4n) is 3.94. The summed E-state index contributed by atoms with van der Waals surface area (Å²) in [6.45, 7) is 6.64. The van der Waals surface area contributed by atoms with Gasteiger partial charge < -0.3 is 19.9 Å². The van der Waals surface area contributed by atoms with E-state index in [1.807, 2.05) is 32.4 Å². The topological polar surface area (TPSA) is 66.7 Å². The number of ether oxygens (including phenoxy) is 1. The van der Waals surface area contributed by atoms with E-state index in [1.165, 1.54) is 7.11 Å². The summed E-state index contributed by atoms with van der Waals surface area (Å²) in [6.07, 6.45) is 8.14. The number of piperidine rings is 1. The second kappa shape index (κ2) is 11.7. The minimum absolute atomic E-state index is 0.294. The van der Waals surface area contributed by atoms with Crippen molar-refractivity contribution in [3.8, 4) is 5.75 Å². The van der Waals surface area contributed by atoms with Crippen LogP contribution in [0.3, 0.4) is 0 Å². The molecule has 1 aliphatic rings. The third-order valence-corrected chi connectivity index (χ3v) is 5.82. The van der Waals surface area contributed by atoms with Crippen molar-refractivity contribution in [1.29, 1.82) is 0 Å². The largest absolute Gasteiger partial charge is 0.494 e. The summed E-state index contributed by atoms with van der Waals surface area (Å²) in [6, 6.07) is 5.61. The average molecular weight is 431 g/mol. The van der Waals surface area contributed by atoms with E-state index in [-0.39, 0.29) is 5.82 Å². The lowest BCUT2D eigenvalue weighted by molar-refractivity contribution is 0.198. The van der Waals surface area contributed by atoms with Gasteiger partial charge >= 0.3 is 0 Å². The van der Waals surface area contributed by atoms with Crippen molar-refractivity contribution in [2.45, 2.75) is 51.7 Å². The Balaban J connectivity index is 1.33. The molecule has 1 saturated heterocycles. The molecular weight excluding hydrogens is 395 g/mol. The van der Waals surface area contributed by atoms with Gasteiger partial charge in [0.05, 0.1) is 7.11 Å². The summed E-state index contributed by atoms with van der Waals surface area (Å²) in [4.78, 5) is 11.0. The van der Waals surface area contributed by atoms with Crippen LogP contribution in [0, 0.1) is 12.7 Å². The maximum absolute atomic E-state index is 13.9. The highest BCUT2D eigenvalue weighted by molar-refractivity contribution is 5.79. The molecule has 0 spiro atoms. The van der Waals surface area contributed by atoms with E-state index in [4.69, 9.17) is 4.74 Å². The summed E-state index contributed by atoms with van der Waals surface area (Å²) in [5.41, 5.74) is 0.980. The van der Waals surface area contributed by atoms with Gasteiger partial charge in [-0.15, -0.1) is 0 Å². The second-order valence-electron chi connectivity index (χ2n) is 8.04. The maximum atomic E-state index is 13.9. The first kappa shape index (κ1) is 23.1. The highest BCUT2D eigenvalue weighted by atomic mass is 19.1. The quantitative estimate of drug-likeness (QED) is 0.364. The SMILES string of the molecule is CN=C(NCCCCn1ccnc1C)NC1CCN(Cc2ccc(OC)c(F)c2)CC1. The number of aliphatic imine (C=N–C) groups is 1. The lowest BCUT2D eigenvalue weighted by Gasteiger charge is -2.33. The van der Waals surface area contributed by atoms with E-state index in [0.717, 1.165) is 75.8 Å². The highest BCUT2D eigenvalue weighted by Gasteiger charge is 2.20. The zero-order chi connectivity index (χ0) is 22.1. The van der Waals surface area contributed by atoms with E-state index in [1.54, 1.807) is 12.1 Å². The number of aromatic nitrogens is 2. The number of guanidine groups is 1. The number of nitrogens with zero attached hydrogens (tertiary/aromatic N) is 4. The Hall–Kier alpha value is -2.61. The predicted molar refractivity (Wildman–Crippen MR) is 122 cm³/mol. The number of nitrogens with one attached hydrogen (secondary N) is 2. The van der Waals surface area contributed by atoms with Gasteiger partial charge in [0, 0.05) is 58.2 Å². The third kappa shape index (κ3) is 6.95. The van der Waals surface area contributed by atoms with Gasteiger partial charge in [0.1, 0.15) is 5.82 Å². The molecule has 1 aliphatic heterocycles. The maximum Gasteiger partial charge on any atom is 0.191 e. The van der Waals surface area contributed by atoms with Gasteiger partial charge in [-0.25, -0.2) is 9.37 Å². The number of benzene rings is 1. The van der Waals surface area contributed by atoms with Gasteiger partial charge in [0.15, 0.2) is 17.5 Å². The van der Waals surface area contributed by atoms with E-state index in [2.05, 4.69) is 30.1 Å². The fraction of sp³-hybridized carbons (Fsp3) is 0.565. The van der Waals surface area contributed by atoms with E-state index in [9.17, 15) is 4.39 Å². The molecule has 0 bridgehead atoms. The van der Waals surface area contributed by atoms with E-state index in [0.29, 0.717) is 11.8 Å². The molecule has 170 valence electrons. The molecule has 31 heavy (non-hydrogen) atoms. The summed E-state index contributed by atoms with van der Waals surface area (Å²) in [7, 11) is 3.30. The van der Waals surface area contributed by atoms with Crippen LogP contribution in [-0.4, -0.2) is 60.2 Å². The molecule has 7 nitrogen and oxygen atoms in total. The van der Waals surface area contributed by atoms with Crippen LogP contribution in [0.5, 0.6) is 5.75 Å². The standard InChI is InChI=1S/C23H35FN6O/c1-18-26-11-15-30(18)12-5-4-10-27-23(25-2)28-20-8-13-29(14-9-20)17-19-6-7-22(31-3)21(24)16-19/h6-7,11,15-16,20H,4-5,8-10,12-14,17H2,1-3H3,(H2,25,27,28). The van der Waals surface area contributed by atoms with E-state index < -0.39 is 0 Å².